The van der Waals surface area contributed by atoms with Gasteiger partial charge in [-0.2, -0.15) is 0 Å². The van der Waals surface area contributed by atoms with E-state index in [0.717, 1.165) is 52.1 Å². The lowest BCUT2D eigenvalue weighted by atomic mass is 10.1. The number of nitrogens with zero attached hydrogens (tertiary/aromatic N) is 3. The maximum absolute atomic E-state index is 12.3. The van der Waals surface area contributed by atoms with E-state index in [1.165, 1.54) is 6.42 Å². The number of likely N-dealkylation sites (N-methyl/N-ethyl adjacent to an activating group) is 1. The highest BCUT2D eigenvalue weighted by Crippen LogP contribution is 2.11. The van der Waals surface area contributed by atoms with E-state index in [9.17, 15) is 4.79 Å². The van der Waals surface area contributed by atoms with Crippen LogP contribution in [-0.2, 0) is 4.79 Å². The highest BCUT2D eigenvalue weighted by atomic mass is 16.2. The number of hydrazine groups is 1. The monoisotopic (exact) mass is 283 g/mol. The molecule has 0 aromatic carbocycles. The summed E-state index contributed by atoms with van der Waals surface area (Å²) in [5, 5.41) is 2.21. The molecule has 116 valence electrons. The Bertz CT molecular complexity index is 298. The van der Waals surface area contributed by atoms with E-state index in [1.807, 2.05) is 4.90 Å². The van der Waals surface area contributed by atoms with Crippen molar-refractivity contribution in [1.29, 1.82) is 0 Å². The summed E-state index contributed by atoms with van der Waals surface area (Å²) in [4.78, 5) is 16.6. The lowest BCUT2D eigenvalue weighted by Crippen LogP contribution is -2.56. The van der Waals surface area contributed by atoms with Gasteiger partial charge in [0.25, 0.3) is 0 Å². The first-order chi connectivity index (χ1) is 9.69. The third-order valence-corrected chi connectivity index (χ3v) is 4.28. The number of nitrogens with two attached hydrogens (primary N) is 1. The summed E-state index contributed by atoms with van der Waals surface area (Å²) >= 11 is 0. The van der Waals surface area contributed by atoms with Crippen LogP contribution in [0.15, 0.2) is 0 Å². The number of piperidine rings is 1. The molecule has 3 N–H and O–H groups in total. The molecule has 2 aliphatic heterocycles. The molecule has 1 unspecified atom stereocenters. The fraction of sp³-hybridized carbons (Fsp3) is 0.929. The van der Waals surface area contributed by atoms with E-state index in [0.29, 0.717) is 13.0 Å². The van der Waals surface area contributed by atoms with Crippen LogP contribution in [0.1, 0.15) is 25.7 Å². The Morgan fingerprint density at radius 1 is 1.10 bits per heavy atom. The number of hydrogen-bond acceptors (Lipinski definition) is 5. The average Bonchev–Trinajstić information content (AvgIpc) is 2.49. The lowest BCUT2D eigenvalue weighted by molar-refractivity contribution is -0.133. The van der Waals surface area contributed by atoms with Gasteiger partial charge in [-0.25, -0.2) is 5.01 Å². The average molecular weight is 283 g/mol. The minimum Gasteiger partial charge on any atom is -0.343 e. The fourth-order valence-electron chi connectivity index (χ4n) is 2.86. The van der Waals surface area contributed by atoms with Crippen molar-refractivity contribution in [1.82, 2.24) is 20.2 Å². The standard InChI is InChI=1S/C14H29N5O/c1-17-7-9-19(10-8-17)16-13(12-15)11-14(20)18-5-3-2-4-6-18/h13,16H,2-12,15H2,1H3. The third-order valence-electron chi connectivity index (χ3n) is 4.28. The number of rotatable bonds is 5. The second-order valence-corrected chi connectivity index (χ2v) is 6.00. The number of carbonyl (C=O) groups is 1. The molecule has 2 fully saturated rings. The van der Waals surface area contributed by atoms with Crippen molar-refractivity contribution in [2.24, 2.45) is 5.73 Å². The summed E-state index contributed by atoms with van der Waals surface area (Å²) in [5.74, 6) is 0.252. The van der Waals surface area contributed by atoms with E-state index in [4.69, 9.17) is 5.73 Å². The van der Waals surface area contributed by atoms with Gasteiger partial charge in [0, 0.05) is 58.3 Å². The number of nitrogens with one attached hydrogen (secondary N) is 1. The molecule has 1 amide bonds. The van der Waals surface area contributed by atoms with Crippen molar-refractivity contribution < 1.29 is 4.79 Å². The molecule has 0 aromatic heterocycles. The molecule has 20 heavy (non-hydrogen) atoms. The van der Waals surface area contributed by atoms with Crippen LogP contribution in [0.25, 0.3) is 0 Å². The molecule has 0 bridgehead atoms. The van der Waals surface area contributed by atoms with Gasteiger partial charge in [0.05, 0.1) is 0 Å². The summed E-state index contributed by atoms with van der Waals surface area (Å²) in [6, 6.07) is 0.0628. The second kappa shape index (κ2) is 7.93. The summed E-state index contributed by atoms with van der Waals surface area (Å²) in [6.45, 7) is 6.45. The minimum atomic E-state index is 0.0628. The van der Waals surface area contributed by atoms with Gasteiger partial charge in [0.15, 0.2) is 0 Å². The van der Waals surface area contributed by atoms with E-state index in [-0.39, 0.29) is 11.9 Å². The van der Waals surface area contributed by atoms with Crippen molar-refractivity contribution in [2.75, 3.05) is 52.9 Å². The lowest BCUT2D eigenvalue weighted by Gasteiger charge is -2.35. The van der Waals surface area contributed by atoms with Crippen molar-refractivity contribution in [2.45, 2.75) is 31.7 Å². The highest BCUT2D eigenvalue weighted by molar-refractivity contribution is 5.76. The minimum absolute atomic E-state index is 0.0628. The number of carbonyl (C=O) groups excluding carboxylic acids is 1. The molecule has 0 aromatic rings. The van der Waals surface area contributed by atoms with Crippen LogP contribution >= 0.6 is 0 Å². The van der Waals surface area contributed by atoms with Crippen molar-refractivity contribution in [3.8, 4) is 0 Å². The topological polar surface area (TPSA) is 64.8 Å². The number of likely N-dealkylation sites (tertiary alicyclic amines) is 1. The predicted molar refractivity (Wildman–Crippen MR) is 80.1 cm³/mol. The van der Waals surface area contributed by atoms with Gasteiger partial charge in [-0.15, -0.1) is 0 Å². The van der Waals surface area contributed by atoms with Gasteiger partial charge in [-0.3, -0.25) is 10.2 Å². The predicted octanol–water partition coefficient (Wildman–Crippen LogP) is -0.532. The Balaban J connectivity index is 1.74. The van der Waals surface area contributed by atoms with Crippen LogP contribution in [0, 0.1) is 0 Å². The first-order valence-corrected chi connectivity index (χ1v) is 7.86. The Hall–Kier alpha value is -0.690. The quantitative estimate of drug-likeness (QED) is 0.710. The van der Waals surface area contributed by atoms with Crippen molar-refractivity contribution in [3.63, 3.8) is 0 Å². The van der Waals surface area contributed by atoms with Gasteiger partial charge in [0.1, 0.15) is 0 Å². The van der Waals surface area contributed by atoms with Crippen LogP contribution in [0.4, 0.5) is 0 Å². The van der Waals surface area contributed by atoms with E-state index in [1.54, 1.807) is 0 Å². The van der Waals surface area contributed by atoms with E-state index >= 15 is 0 Å². The van der Waals surface area contributed by atoms with Crippen molar-refractivity contribution >= 4 is 5.91 Å². The molecule has 0 radical (unpaired) electrons. The fourth-order valence-corrected chi connectivity index (χ4v) is 2.86. The largest absolute Gasteiger partial charge is 0.343 e. The zero-order valence-electron chi connectivity index (χ0n) is 12.7. The van der Waals surface area contributed by atoms with Gasteiger partial charge >= 0.3 is 0 Å². The smallest absolute Gasteiger partial charge is 0.224 e. The SMILES string of the molecule is CN1CCN(NC(CN)CC(=O)N2CCCCC2)CC1. The molecule has 2 heterocycles. The normalized spacial score (nSPS) is 23.8. The van der Waals surface area contributed by atoms with Crippen LogP contribution in [-0.4, -0.2) is 79.6 Å². The Labute approximate surface area is 122 Å². The summed E-state index contributed by atoms with van der Waals surface area (Å²) < 4.78 is 0. The van der Waals surface area contributed by atoms with Crippen LogP contribution in [0.5, 0.6) is 0 Å². The molecule has 0 saturated carbocycles. The maximum Gasteiger partial charge on any atom is 0.224 e. The molecule has 0 aliphatic carbocycles. The zero-order valence-corrected chi connectivity index (χ0v) is 12.7. The molecule has 6 heteroatoms. The third kappa shape index (κ3) is 4.70. The number of hydrogen-bond donors (Lipinski definition) is 2. The summed E-state index contributed by atoms with van der Waals surface area (Å²) in [5.41, 5.74) is 9.26. The van der Waals surface area contributed by atoms with E-state index in [2.05, 4.69) is 22.4 Å². The molecular weight excluding hydrogens is 254 g/mol. The molecule has 2 aliphatic rings. The van der Waals surface area contributed by atoms with Crippen LogP contribution in [0.2, 0.25) is 0 Å². The maximum atomic E-state index is 12.3. The number of amides is 1. The Kier molecular flexibility index (Phi) is 6.22. The molecule has 2 rings (SSSR count). The molecular formula is C14H29N5O. The second-order valence-electron chi connectivity index (χ2n) is 6.00. The summed E-state index contributed by atoms with van der Waals surface area (Å²) in [7, 11) is 2.14. The van der Waals surface area contributed by atoms with Gasteiger partial charge in [-0.1, -0.05) is 0 Å². The summed E-state index contributed by atoms with van der Waals surface area (Å²) in [6.07, 6.45) is 4.06. The molecule has 1 atom stereocenters. The first-order valence-electron chi connectivity index (χ1n) is 7.86. The molecule has 6 nitrogen and oxygen atoms in total. The highest BCUT2D eigenvalue weighted by Gasteiger charge is 2.22. The van der Waals surface area contributed by atoms with E-state index < -0.39 is 0 Å². The Morgan fingerprint density at radius 2 is 1.75 bits per heavy atom. The van der Waals surface area contributed by atoms with Gasteiger partial charge in [-0.05, 0) is 26.3 Å². The first kappa shape index (κ1) is 15.7. The van der Waals surface area contributed by atoms with Gasteiger partial charge in [0.2, 0.25) is 5.91 Å². The zero-order chi connectivity index (χ0) is 14.4. The van der Waals surface area contributed by atoms with Crippen molar-refractivity contribution in [3.05, 3.63) is 0 Å². The van der Waals surface area contributed by atoms with Crippen LogP contribution < -0.4 is 11.2 Å². The molecule has 2 saturated heterocycles. The molecule has 0 spiro atoms. The Morgan fingerprint density at radius 3 is 2.35 bits per heavy atom. The van der Waals surface area contributed by atoms with Gasteiger partial charge < -0.3 is 15.5 Å². The number of piperazine rings is 1. The van der Waals surface area contributed by atoms with Crippen LogP contribution in [0.3, 0.4) is 0 Å².